The third-order valence-electron chi connectivity index (χ3n) is 5.83. The van der Waals surface area contributed by atoms with E-state index in [1.807, 2.05) is 37.3 Å². The molecule has 0 atom stereocenters. The van der Waals surface area contributed by atoms with Crippen LogP contribution in [-0.4, -0.2) is 53.8 Å². The molecule has 0 radical (unpaired) electrons. The number of halogens is 1. The number of aromatic nitrogens is 2. The van der Waals surface area contributed by atoms with Crippen LogP contribution in [0.15, 0.2) is 78.9 Å². The number of nitrogens with one attached hydrogen (secondary N) is 1. The summed E-state index contributed by atoms with van der Waals surface area (Å²) in [6.45, 7) is 2.12. The van der Waals surface area contributed by atoms with Gasteiger partial charge in [0.1, 0.15) is 29.7 Å². The van der Waals surface area contributed by atoms with E-state index in [4.69, 9.17) is 9.47 Å². The minimum atomic E-state index is -0.399. The lowest BCUT2D eigenvalue weighted by atomic mass is 10.1. The molecule has 4 rings (SSSR count). The van der Waals surface area contributed by atoms with Crippen LogP contribution in [0, 0.1) is 5.82 Å². The molecule has 0 aliphatic rings. The number of carbonyl (C=O) groups is 2. The number of nitrogens with zero attached hydrogens (tertiary/aromatic N) is 3. The van der Waals surface area contributed by atoms with Crippen LogP contribution in [0.3, 0.4) is 0 Å². The van der Waals surface area contributed by atoms with Crippen molar-refractivity contribution in [3.8, 4) is 28.4 Å². The van der Waals surface area contributed by atoms with Gasteiger partial charge < -0.3 is 19.7 Å². The summed E-state index contributed by atoms with van der Waals surface area (Å²) in [6.07, 6.45) is 0.659. The van der Waals surface area contributed by atoms with Gasteiger partial charge in [0.15, 0.2) is 0 Å². The first-order valence-electron chi connectivity index (χ1n) is 12.2. The Kier molecular flexibility index (Phi) is 8.37. The summed E-state index contributed by atoms with van der Waals surface area (Å²) in [6, 6.07) is 22.0. The van der Waals surface area contributed by atoms with Crippen molar-refractivity contribution in [2.24, 2.45) is 0 Å². The maximum atomic E-state index is 13.6. The van der Waals surface area contributed by atoms with E-state index in [1.54, 1.807) is 41.1 Å². The lowest BCUT2D eigenvalue weighted by Crippen LogP contribution is -2.38. The highest BCUT2D eigenvalue weighted by atomic mass is 19.1. The summed E-state index contributed by atoms with van der Waals surface area (Å²) in [5.41, 5.74) is 2.42. The Hall–Kier alpha value is -4.66. The van der Waals surface area contributed by atoms with Crippen molar-refractivity contribution in [2.45, 2.75) is 13.3 Å². The first-order chi connectivity index (χ1) is 18.4. The number of anilines is 1. The lowest BCUT2D eigenvalue weighted by molar-refractivity contribution is -0.116. The van der Waals surface area contributed by atoms with E-state index < -0.39 is 5.91 Å². The summed E-state index contributed by atoms with van der Waals surface area (Å²) in [5, 5.41) is 7.52. The number of rotatable bonds is 10. The molecule has 2 amide bonds. The molecule has 0 saturated carbocycles. The van der Waals surface area contributed by atoms with Gasteiger partial charge in [0.05, 0.1) is 25.6 Å². The van der Waals surface area contributed by atoms with Gasteiger partial charge in [0, 0.05) is 29.8 Å². The van der Waals surface area contributed by atoms with E-state index in [2.05, 4.69) is 10.4 Å². The van der Waals surface area contributed by atoms with Crippen molar-refractivity contribution >= 4 is 17.6 Å². The van der Waals surface area contributed by atoms with Crippen molar-refractivity contribution in [1.82, 2.24) is 14.7 Å². The highest BCUT2D eigenvalue weighted by molar-refractivity contribution is 6.00. The fourth-order valence-electron chi connectivity index (χ4n) is 3.99. The average Bonchev–Trinajstić information content (AvgIpc) is 3.36. The van der Waals surface area contributed by atoms with Crippen LogP contribution in [0.1, 0.15) is 23.7 Å². The molecule has 0 spiro atoms. The van der Waals surface area contributed by atoms with Gasteiger partial charge >= 0.3 is 0 Å². The Balaban J connectivity index is 1.60. The Morgan fingerprint density at radius 1 is 0.947 bits per heavy atom. The molecular weight excluding hydrogens is 487 g/mol. The van der Waals surface area contributed by atoms with Crippen molar-refractivity contribution < 1.29 is 23.5 Å². The molecule has 0 saturated heterocycles. The predicted molar refractivity (Wildman–Crippen MR) is 143 cm³/mol. The molecule has 8 nitrogen and oxygen atoms in total. The predicted octanol–water partition coefficient (Wildman–Crippen LogP) is 5.19. The molecule has 1 aromatic heterocycles. The quantitative estimate of drug-likeness (QED) is 0.314. The van der Waals surface area contributed by atoms with Gasteiger partial charge in [-0.3, -0.25) is 9.59 Å². The maximum Gasteiger partial charge on any atom is 0.254 e. The van der Waals surface area contributed by atoms with Crippen LogP contribution < -0.4 is 14.8 Å². The second kappa shape index (κ2) is 12.1. The van der Waals surface area contributed by atoms with Crippen molar-refractivity contribution in [3.05, 3.63) is 90.2 Å². The Bertz CT molecular complexity index is 1380. The number of hydrogen-bond acceptors (Lipinski definition) is 5. The normalized spacial score (nSPS) is 10.6. The lowest BCUT2D eigenvalue weighted by Gasteiger charge is -2.22. The first-order valence-corrected chi connectivity index (χ1v) is 12.2. The fraction of sp³-hybridized carbons (Fsp3) is 0.207. The number of methoxy groups -OCH3 is 2. The molecule has 0 aliphatic carbocycles. The number of ether oxygens (including phenoxy) is 2. The smallest absolute Gasteiger partial charge is 0.254 e. The van der Waals surface area contributed by atoms with Crippen LogP contribution >= 0.6 is 0 Å². The number of benzene rings is 3. The van der Waals surface area contributed by atoms with Crippen molar-refractivity contribution in [3.63, 3.8) is 0 Å². The van der Waals surface area contributed by atoms with Crippen LogP contribution in [0.2, 0.25) is 0 Å². The Morgan fingerprint density at radius 3 is 2.21 bits per heavy atom. The number of amides is 2. The molecule has 9 heteroatoms. The monoisotopic (exact) mass is 516 g/mol. The highest BCUT2D eigenvalue weighted by Crippen LogP contribution is 2.26. The number of carbonyl (C=O) groups excluding carboxylic acids is 2. The van der Waals surface area contributed by atoms with Crippen molar-refractivity contribution in [1.29, 1.82) is 0 Å². The SMILES string of the molecule is CCCN(CC(=O)Nc1cc(-c2ccccc2)nn1-c1ccc(F)cc1)C(=O)c1cc(OC)cc(OC)c1. The summed E-state index contributed by atoms with van der Waals surface area (Å²) in [5.74, 6) is 0.251. The van der Waals surface area contributed by atoms with E-state index in [0.717, 1.165) is 5.56 Å². The third kappa shape index (κ3) is 6.18. The molecule has 0 bridgehead atoms. The van der Waals surface area contributed by atoms with Gasteiger partial charge in [-0.05, 0) is 42.8 Å². The largest absolute Gasteiger partial charge is 0.497 e. The van der Waals surface area contributed by atoms with Gasteiger partial charge in [0.2, 0.25) is 5.91 Å². The zero-order chi connectivity index (χ0) is 27.1. The van der Waals surface area contributed by atoms with Crippen LogP contribution in [0.25, 0.3) is 16.9 Å². The third-order valence-corrected chi connectivity index (χ3v) is 5.83. The minimum absolute atomic E-state index is 0.179. The molecule has 0 unspecified atom stereocenters. The van der Waals surface area contributed by atoms with E-state index >= 15 is 0 Å². The summed E-state index contributed by atoms with van der Waals surface area (Å²) in [7, 11) is 3.02. The zero-order valence-electron chi connectivity index (χ0n) is 21.5. The zero-order valence-corrected chi connectivity index (χ0v) is 21.5. The second-order valence-corrected chi connectivity index (χ2v) is 8.55. The summed E-state index contributed by atoms with van der Waals surface area (Å²) >= 11 is 0. The minimum Gasteiger partial charge on any atom is -0.497 e. The summed E-state index contributed by atoms with van der Waals surface area (Å²) < 4.78 is 25.7. The van der Waals surface area contributed by atoms with E-state index in [-0.39, 0.29) is 18.3 Å². The van der Waals surface area contributed by atoms with Gasteiger partial charge in [-0.1, -0.05) is 37.3 Å². The molecule has 38 heavy (non-hydrogen) atoms. The fourth-order valence-corrected chi connectivity index (χ4v) is 3.99. The Morgan fingerprint density at radius 2 is 1.61 bits per heavy atom. The van der Waals surface area contributed by atoms with Crippen molar-refractivity contribution in [2.75, 3.05) is 32.6 Å². The topological polar surface area (TPSA) is 85.7 Å². The molecule has 3 aromatic carbocycles. The van der Waals surface area contributed by atoms with E-state index in [0.29, 0.717) is 47.2 Å². The van der Waals surface area contributed by atoms with Gasteiger partial charge in [-0.15, -0.1) is 0 Å². The van der Waals surface area contributed by atoms with Gasteiger partial charge in [-0.25, -0.2) is 9.07 Å². The standard InChI is InChI=1S/C29H29FN4O4/c1-4-14-33(29(36)21-15-24(37-2)17-25(16-21)38-3)19-28(35)31-27-18-26(20-8-6-5-7-9-20)32-34(27)23-12-10-22(30)11-13-23/h5-13,15-18H,4,14,19H2,1-3H3,(H,31,35). The average molecular weight is 517 g/mol. The number of hydrogen-bond donors (Lipinski definition) is 1. The molecule has 0 fully saturated rings. The maximum absolute atomic E-state index is 13.6. The molecule has 0 aliphatic heterocycles. The second-order valence-electron chi connectivity index (χ2n) is 8.55. The van der Waals surface area contributed by atoms with Gasteiger partial charge in [0.25, 0.3) is 5.91 Å². The molecule has 1 N–H and O–H groups in total. The molecule has 196 valence electrons. The molecular formula is C29H29FN4O4. The van der Waals surface area contributed by atoms with Crippen LogP contribution in [0.4, 0.5) is 10.2 Å². The van der Waals surface area contributed by atoms with Crippen LogP contribution in [-0.2, 0) is 4.79 Å². The van der Waals surface area contributed by atoms with E-state index in [9.17, 15) is 14.0 Å². The first kappa shape index (κ1) is 26.4. The molecule has 4 aromatic rings. The summed E-state index contributed by atoms with van der Waals surface area (Å²) in [4.78, 5) is 28.0. The molecule has 1 heterocycles. The Labute approximate surface area is 220 Å². The van der Waals surface area contributed by atoms with Gasteiger partial charge in [-0.2, -0.15) is 5.10 Å². The van der Waals surface area contributed by atoms with Crippen LogP contribution in [0.5, 0.6) is 11.5 Å². The highest BCUT2D eigenvalue weighted by Gasteiger charge is 2.21. The van der Waals surface area contributed by atoms with E-state index in [1.165, 1.54) is 31.3 Å².